The zero-order valence-corrected chi connectivity index (χ0v) is 17.7. The Balaban J connectivity index is 1.50. The van der Waals surface area contributed by atoms with Crippen molar-refractivity contribution in [2.75, 3.05) is 7.11 Å². The molecule has 3 heteroatoms. The monoisotopic (exact) mass is 389 g/mol. The number of rotatable bonds is 10. The van der Waals surface area contributed by atoms with Gasteiger partial charge in [0.05, 0.1) is 7.11 Å². The molecule has 152 valence electrons. The van der Waals surface area contributed by atoms with Gasteiger partial charge in [-0.3, -0.25) is 0 Å². The van der Waals surface area contributed by atoms with E-state index in [1.54, 1.807) is 7.11 Å². The molecule has 3 aromatic carbocycles. The Morgan fingerprint density at radius 2 is 1.55 bits per heavy atom. The maximum Gasteiger partial charge on any atom is 0.161 e. The highest BCUT2D eigenvalue weighted by Gasteiger charge is 2.08. The third-order valence-corrected chi connectivity index (χ3v) is 5.11. The number of hydrogen-bond donors (Lipinski definition) is 1. The van der Waals surface area contributed by atoms with Gasteiger partial charge in [-0.05, 0) is 55.5 Å². The van der Waals surface area contributed by atoms with Gasteiger partial charge in [0.2, 0.25) is 0 Å². The second kappa shape index (κ2) is 10.7. The van der Waals surface area contributed by atoms with Crippen LogP contribution in [0.25, 0.3) is 0 Å². The van der Waals surface area contributed by atoms with Crippen molar-refractivity contribution < 1.29 is 9.47 Å². The average molecular weight is 390 g/mol. The molecule has 0 saturated carbocycles. The molecule has 29 heavy (non-hydrogen) atoms. The average Bonchev–Trinajstić information content (AvgIpc) is 2.76. The molecule has 1 N–H and O–H groups in total. The molecule has 0 bridgehead atoms. The molecule has 0 saturated heterocycles. The van der Waals surface area contributed by atoms with Crippen molar-refractivity contribution in [1.29, 1.82) is 0 Å². The molecule has 0 heterocycles. The highest BCUT2D eigenvalue weighted by atomic mass is 16.5. The van der Waals surface area contributed by atoms with Crippen LogP contribution in [0.2, 0.25) is 0 Å². The number of methoxy groups -OCH3 is 1. The van der Waals surface area contributed by atoms with Gasteiger partial charge in [0.15, 0.2) is 11.5 Å². The first-order valence-electron chi connectivity index (χ1n) is 10.3. The Hall–Kier alpha value is -2.78. The summed E-state index contributed by atoms with van der Waals surface area (Å²) in [4.78, 5) is 0. The van der Waals surface area contributed by atoms with Crippen molar-refractivity contribution in [2.45, 2.75) is 45.9 Å². The third-order valence-electron chi connectivity index (χ3n) is 5.11. The van der Waals surface area contributed by atoms with Crippen molar-refractivity contribution in [3.63, 3.8) is 0 Å². The lowest BCUT2D eigenvalue weighted by Gasteiger charge is -2.16. The van der Waals surface area contributed by atoms with Crippen molar-refractivity contribution in [1.82, 2.24) is 5.32 Å². The van der Waals surface area contributed by atoms with Crippen LogP contribution >= 0.6 is 0 Å². The van der Waals surface area contributed by atoms with Crippen LogP contribution in [0.15, 0.2) is 72.8 Å². The molecule has 0 unspecified atom stereocenters. The Morgan fingerprint density at radius 1 is 0.828 bits per heavy atom. The van der Waals surface area contributed by atoms with Crippen LogP contribution in [0.1, 0.15) is 35.6 Å². The molecular weight excluding hydrogens is 358 g/mol. The summed E-state index contributed by atoms with van der Waals surface area (Å²) in [6.07, 6.45) is 2.20. The number of nitrogens with one attached hydrogen (secondary N) is 1. The zero-order chi connectivity index (χ0) is 20.5. The molecule has 0 amide bonds. The Morgan fingerprint density at radius 3 is 2.28 bits per heavy atom. The fraction of sp³-hybridized carbons (Fsp3) is 0.308. The van der Waals surface area contributed by atoms with E-state index in [1.165, 1.54) is 16.7 Å². The van der Waals surface area contributed by atoms with Crippen LogP contribution in [0, 0.1) is 6.92 Å². The summed E-state index contributed by atoms with van der Waals surface area (Å²) in [6.45, 7) is 5.66. The minimum Gasteiger partial charge on any atom is -0.493 e. The molecular formula is C26H31NO2. The van der Waals surface area contributed by atoms with Crippen LogP contribution in [-0.4, -0.2) is 13.2 Å². The lowest BCUT2D eigenvalue weighted by molar-refractivity contribution is 0.284. The zero-order valence-electron chi connectivity index (χ0n) is 17.7. The Bertz CT molecular complexity index is 875. The topological polar surface area (TPSA) is 30.5 Å². The molecule has 0 aliphatic rings. The predicted octanol–water partition coefficient (Wildman–Crippen LogP) is 5.69. The van der Waals surface area contributed by atoms with Crippen molar-refractivity contribution in [3.05, 3.63) is 95.1 Å². The van der Waals surface area contributed by atoms with Crippen LogP contribution in [0.3, 0.4) is 0 Å². The lowest BCUT2D eigenvalue weighted by atomic mass is 10.1. The number of hydrogen-bond acceptors (Lipinski definition) is 3. The second-order valence-electron chi connectivity index (χ2n) is 7.57. The molecule has 3 aromatic rings. The van der Waals surface area contributed by atoms with Gasteiger partial charge in [-0.15, -0.1) is 0 Å². The van der Waals surface area contributed by atoms with Crippen LogP contribution in [-0.2, 0) is 19.6 Å². The largest absolute Gasteiger partial charge is 0.493 e. The third kappa shape index (κ3) is 6.65. The Kier molecular flexibility index (Phi) is 7.71. The van der Waals surface area contributed by atoms with E-state index < -0.39 is 0 Å². The summed E-state index contributed by atoms with van der Waals surface area (Å²) in [7, 11) is 1.69. The molecule has 0 radical (unpaired) electrons. The van der Waals surface area contributed by atoms with Crippen LogP contribution in [0.5, 0.6) is 11.5 Å². The van der Waals surface area contributed by atoms with E-state index in [9.17, 15) is 0 Å². The SMILES string of the molecule is COc1cc(CN[C@H](C)CCc2ccccc2)ccc1OCc1ccc(C)cc1. The van der Waals surface area contributed by atoms with E-state index in [1.807, 2.05) is 6.07 Å². The summed E-state index contributed by atoms with van der Waals surface area (Å²) < 4.78 is 11.5. The van der Waals surface area contributed by atoms with Gasteiger partial charge in [-0.2, -0.15) is 0 Å². The minimum atomic E-state index is 0.443. The number of aryl methyl sites for hydroxylation is 2. The van der Waals surface area contributed by atoms with E-state index in [4.69, 9.17) is 9.47 Å². The molecule has 3 nitrogen and oxygen atoms in total. The number of ether oxygens (including phenoxy) is 2. The van der Waals surface area contributed by atoms with Gasteiger partial charge in [-0.25, -0.2) is 0 Å². The fourth-order valence-corrected chi connectivity index (χ4v) is 3.21. The summed E-state index contributed by atoms with van der Waals surface area (Å²) in [5.74, 6) is 1.54. The predicted molar refractivity (Wildman–Crippen MR) is 120 cm³/mol. The molecule has 0 aliphatic heterocycles. The lowest BCUT2D eigenvalue weighted by Crippen LogP contribution is -2.26. The van der Waals surface area contributed by atoms with E-state index in [0.29, 0.717) is 12.6 Å². The van der Waals surface area contributed by atoms with Gasteiger partial charge in [0, 0.05) is 12.6 Å². The summed E-state index contributed by atoms with van der Waals surface area (Å²) in [5, 5.41) is 3.61. The van der Waals surface area contributed by atoms with Crippen molar-refractivity contribution in [2.24, 2.45) is 0 Å². The Labute approximate surface area is 174 Å². The fourth-order valence-electron chi connectivity index (χ4n) is 3.21. The maximum absolute atomic E-state index is 5.98. The van der Waals surface area contributed by atoms with Gasteiger partial charge in [0.25, 0.3) is 0 Å². The van der Waals surface area contributed by atoms with Gasteiger partial charge in [-0.1, -0.05) is 66.2 Å². The molecule has 0 spiro atoms. The first-order chi connectivity index (χ1) is 14.1. The van der Waals surface area contributed by atoms with Crippen LogP contribution in [0.4, 0.5) is 0 Å². The number of benzene rings is 3. The van der Waals surface area contributed by atoms with Crippen molar-refractivity contribution in [3.8, 4) is 11.5 Å². The summed E-state index contributed by atoms with van der Waals surface area (Å²) in [5.41, 5.74) is 4.98. The normalized spacial score (nSPS) is 11.8. The maximum atomic E-state index is 5.98. The molecule has 0 aliphatic carbocycles. The smallest absolute Gasteiger partial charge is 0.161 e. The highest BCUT2D eigenvalue weighted by molar-refractivity contribution is 5.43. The second-order valence-corrected chi connectivity index (χ2v) is 7.57. The molecule has 3 rings (SSSR count). The molecule has 1 atom stereocenters. The molecule has 0 aromatic heterocycles. The highest BCUT2D eigenvalue weighted by Crippen LogP contribution is 2.29. The van der Waals surface area contributed by atoms with E-state index >= 15 is 0 Å². The first kappa shape index (κ1) is 20.9. The quantitative estimate of drug-likeness (QED) is 0.483. The van der Waals surface area contributed by atoms with Gasteiger partial charge >= 0.3 is 0 Å². The first-order valence-corrected chi connectivity index (χ1v) is 10.3. The minimum absolute atomic E-state index is 0.443. The molecule has 0 fully saturated rings. The van der Waals surface area contributed by atoms with E-state index in [0.717, 1.165) is 36.4 Å². The van der Waals surface area contributed by atoms with Crippen molar-refractivity contribution >= 4 is 0 Å². The van der Waals surface area contributed by atoms with E-state index in [2.05, 4.69) is 85.9 Å². The van der Waals surface area contributed by atoms with Gasteiger partial charge in [0.1, 0.15) is 6.61 Å². The summed E-state index contributed by atoms with van der Waals surface area (Å²) >= 11 is 0. The van der Waals surface area contributed by atoms with Gasteiger partial charge < -0.3 is 14.8 Å². The summed E-state index contributed by atoms with van der Waals surface area (Å²) in [6, 6.07) is 25.6. The van der Waals surface area contributed by atoms with E-state index in [-0.39, 0.29) is 0 Å². The standard InChI is InChI=1S/C26H31NO2/c1-20-9-12-23(13-10-20)19-29-25-16-15-24(17-26(25)28-3)18-27-21(2)11-14-22-7-5-4-6-8-22/h4-10,12-13,15-17,21,27H,11,14,18-19H2,1-3H3/t21-/m1/s1. The van der Waals surface area contributed by atoms with Crippen LogP contribution < -0.4 is 14.8 Å².